The third kappa shape index (κ3) is 1.74. The third-order valence-corrected chi connectivity index (χ3v) is 2.31. The maximum atomic E-state index is 2.38. The van der Waals surface area contributed by atoms with E-state index in [1.165, 1.54) is 6.42 Å². The van der Waals surface area contributed by atoms with Gasteiger partial charge in [0.1, 0.15) is 0 Å². The van der Waals surface area contributed by atoms with Gasteiger partial charge in [0.05, 0.1) is 6.17 Å². The van der Waals surface area contributed by atoms with Crippen molar-refractivity contribution in [2.75, 3.05) is 20.1 Å². The number of nitrogens with zero attached hydrogens (tertiary/aromatic N) is 2. The fourth-order valence-electron chi connectivity index (χ4n) is 1.69. The predicted octanol–water partition coefficient (Wildman–Crippen LogP) is 1.50. The summed E-state index contributed by atoms with van der Waals surface area (Å²) >= 11 is 0. The first kappa shape index (κ1) is 8.60. The maximum Gasteiger partial charge on any atom is 0.0812 e. The summed E-state index contributed by atoms with van der Waals surface area (Å²) in [6.45, 7) is 6.64. The van der Waals surface area contributed by atoms with E-state index in [1.807, 2.05) is 0 Å². The Morgan fingerprint density at radius 3 is 2.64 bits per heavy atom. The van der Waals surface area contributed by atoms with Crippen molar-refractivity contribution < 1.29 is 0 Å². The quantitative estimate of drug-likeness (QED) is 0.595. The van der Waals surface area contributed by atoms with Crippen LogP contribution in [0, 0.1) is 0 Å². The van der Waals surface area contributed by atoms with Crippen molar-refractivity contribution in [3.05, 3.63) is 12.3 Å². The molecule has 1 heterocycles. The molecule has 0 aromatic heterocycles. The van der Waals surface area contributed by atoms with E-state index in [0.29, 0.717) is 6.17 Å². The van der Waals surface area contributed by atoms with Gasteiger partial charge in [-0.3, -0.25) is 4.90 Å². The van der Waals surface area contributed by atoms with Crippen molar-refractivity contribution in [1.82, 2.24) is 9.80 Å². The molecule has 2 heteroatoms. The first-order valence-electron chi connectivity index (χ1n) is 4.42. The van der Waals surface area contributed by atoms with Crippen LogP contribution in [0.15, 0.2) is 12.3 Å². The van der Waals surface area contributed by atoms with E-state index in [1.54, 1.807) is 0 Å². The Hall–Kier alpha value is -0.500. The highest BCUT2D eigenvalue weighted by atomic mass is 15.3. The number of likely N-dealkylation sites (N-methyl/N-ethyl adjacent to an activating group) is 1. The Balaban J connectivity index is 2.61. The van der Waals surface area contributed by atoms with Crippen LogP contribution in [0.3, 0.4) is 0 Å². The van der Waals surface area contributed by atoms with E-state index in [9.17, 15) is 0 Å². The zero-order valence-electron chi connectivity index (χ0n) is 7.75. The van der Waals surface area contributed by atoms with Crippen LogP contribution in [0.1, 0.15) is 20.3 Å². The summed E-state index contributed by atoms with van der Waals surface area (Å²) in [5.41, 5.74) is 0. The molecule has 1 unspecified atom stereocenters. The van der Waals surface area contributed by atoms with Gasteiger partial charge in [-0.05, 0) is 26.6 Å². The molecule has 1 aliphatic rings. The Morgan fingerprint density at radius 2 is 2.18 bits per heavy atom. The van der Waals surface area contributed by atoms with Gasteiger partial charge < -0.3 is 4.90 Å². The highest BCUT2D eigenvalue weighted by molar-refractivity contribution is 4.93. The topological polar surface area (TPSA) is 6.48 Å². The van der Waals surface area contributed by atoms with Gasteiger partial charge in [0.25, 0.3) is 0 Å². The minimum Gasteiger partial charge on any atom is -0.362 e. The van der Waals surface area contributed by atoms with Crippen LogP contribution < -0.4 is 0 Å². The molecule has 0 bridgehead atoms. The maximum absolute atomic E-state index is 2.38. The van der Waals surface area contributed by atoms with Crippen LogP contribution in [0.25, 0.3) is 0 Å². The lowest BCUT2D eigenvalue weighted by Crippen LogP contribution is -2.46. The molecule has 0 aliphatic carbocycles. The standard InChI is InChI=1S/C9H18N2/c1-4-9-10(3)7-6-8-11(9)5-2/h6,8-9H,4-5,7H2,1-3H3. The molecular weight excluding hydrogens is 136 g/mol. The molecule has 0 saturated carbocycles. The molecule has 0 aromatic rings. The summed E-state index contributed by atoms with van der Waals surface area (Å²) in [5, 5.41) is 0. The van der Waals surface area contributed by atoms with Crippen molar-refractivity contribution in [1.29, 1.82) is 0 Å². The van der Waals surface area contributed by atoms with E-state index in [4.69, 9.17) is 0 Å². The average Bonchev–Trinajstić information content (AvgIpc) is 2.04. The predicted molar refractivity (Wildman–Crippen MR) is 48.2 cm³/mol. The Kier molecular flexibility index (Phi) is 2.94. The first-order chi connectivity index (χ1) is 5.29. The molecule has 2 nitrogen and oxygen atoms in total. The summed E-state index contributed by atoms with van der Waals surface area (Å²) < 4.78 is 0. The van der Waals surface area contributed by atoms with Gasteiger partial charge in [0.2, 0.25) is 0 Å². The molecule has 11 heavy (non-hydrogen) atoms. The van der Waals surface area contributed by atoms with E-state index in [0.717, 1.165) is 13.1 Å². The van der Waals surface area contributed by atoms with Gasteiger partial charge in [0.15, 0.2) is 0 Å². The monoisotopic (exact) mass is 154 g/mol. The van der Waals surface area contributed by atoms with Crippen LogP contribution >= 0.6 is 0 Å². The van der Waals surface area contributed by atoms with Crippen molar-refractivity contribution in [3.63, 3.8) is 0 Å². The highest BCUT2D eigenvalue weighted by Crippen LogP contribution is 2.12. The van der Waals surface area contributed by atoms with Crippen LogP contribution in [-0.4, -0.2) is 36.1 Å². The smallest absolute Gasteiger partial charge is 0.0812 e. The van der Waals surface area contributed by atoms with Gasteiger partial charge in [-0.1, -0.05) is 13.0 Å². The lowest BCUT2D eigenvalue weighted by atomic mass is 10.2. The Labute approximate surface area is 69.5 Å². The first-order valence-corrected chi connectivity index (χ1v) is 4.42. The summed E-state index contributed by atoms with van der Waals surface area (Å²) in [4.78, 5) is 4.76. The lowest BCUT2D eigenvalue weighted by Gasteiger charge is -2.38. The number of hydrogen-bond donors (Lipinski definition) is 0. The van der Waals surface area contributed by atoms with Gasteiger partial charge in [-0.2, -0.15) is 0 Å². The fourth-order valence-corrected chi connectivity index (χ4v) is 1.69. The minimum atomic E-state index is 0.616. The van der Waals surface area contributed by atoms with Crippen molar-refractivity contribution in [2.24, 2.45) is 0 Å². The number of rotatable bonds is 2. The molecule has 1 rings (SSSR count). The largest absolute Gasteiger partial charge is 0.362 e. The summed E-state index contributed by atoms with van der Waals surface area (Å²) in [6.07, 6.45) is 6.25. The van der Waals surface area contributed by atoms with Crippen LogP contribution in [-0.2, 0) is 0 Å². The Bertz CT molecular complexity index is 142. The zero-order chi connectivity index (χ0) is 8.27. The molecule has 0 spiro atoms. The molecule has 0 N–H and O–H groups in total. The van der Waals surface area contributed by atoms with E-state index < -0.39 is 0 Å². The summed E-state index contributed by atoms with van der Waals surface area (Å²) in [6, 6.07) is 0. The van der Waals surface area contributed by atoms with E-state index in [-0.39, 0.29) is 0 Å². The number of hydrogen-bond acceptors (Lipinski definition) is 2. The minimum absolute atomic E-state index is 0.616. The van der Waals surface area contributed by atoms with Crippen molar-refractivity contribution in [2.45, 2.75) is 26.4 Å². The molecule has 0 fully saturated rings. The second kappa shape index (κ2) is 3.77. The molecule has 0 amide bonds. The zero-order valence-corrected chi connectivity index (χ0v) is 7.75. The normalized spacial score (nSPS) is 26.1. The molecule has 0 saturated heterocycles. The lowest BCUT2D eigenvalue weighted by molar-refractivity contribution is 0.0973. The van der Waals surface area contributed by atoms with Gasteiger partial charge in [0, 0.05) is 13.1 Å². The fraction of sp³-hybridized carbons (Fsp3) is 0.778. The van der Waals surface area contributed by atoms with Gasteiger partial charge in [-0.15, -0.1) is 0 Å². The molecule has 0 aromatic carbocycles. The van der Waals surface area contributed by atoms with Crippen LogP contribution in [0.4, 0.5) is 0 Å². The van der Waals surface area contributed by atoms with Gasteiger partial charge in [-0.25, -0.2) is 0 Å². The van der Waals surface area contributed by atoms with E-state index >= 15 is 0 Å². The molecule has 1 atom stereocenters. The molecular formula is C9H18N2. The highest BCUT2D eigenvalue weighted by Gasteiger charge is 2.18. The molecule has 1 aliphatic heterocycles. The van der Waals surface area contributed by atoms with Crippen LogP contribution in [0.2, 0.25) is 0 Å². The van der Waals surface area contributed by atoms with Crippen molar-refractivity contribution >= 4 is 0 Å². The summed E-state index contributed by atoms with van der Waals surface area (Å²) in [5.74, 6) is 0. The Morgan fingerprint density at radius 1 is 1.45 bits per heavy atom. The van der Waals surface area contributed by atoms with Crippen molar-refractivity contribution in [3.8, 4) is 0 Å². The van der Waals surface area contributed by atoms with E-state index in [2.05, 4.69) is 43.0 Å². The van der Waals surface area contributed by atoms with Crippen LogP contribution in [0.5, 0.6) is 0 Å². The third-order valence-electron chi connectivity index (χ3n) is 2.31. The summed E-state index contributed by atoms with van der Waals surface area (Å²) in [7, 11) is 2.18. The molecule has 0 radical (unpaired) electrons. The van der Waals surface area contributed by atoms with Gasteiger partial charge >= 0.3 is 0 Å². The second-order valence-electron chi connectivity index (χ2n) is 3.04. The molecule has 64 valence electrons. The SMILES string of the molecule is CCC1N(C)CC=CN1CC. The second-order valence-corrected chi connectivity index (χ2v) is 3.04. The average molecular weight is 154 g/mol.